The van der Waals surface area contributed by atoms with E-state index < -0.39 is 10.0 Å². The third-order valence-corrected chi connectivity index (χ3v) is 3.53. The first-order valence-electron chi connectivity index (χ1n) is 5.06. The van der Waals surface area contributed by atoms with Gasteiger partial charge in [0, 0.05) is 11.3 Å². The van der Waals surface area contributed by atoms with Crippen LogP contribution in [0.25, 0.3) is 0 Å². The normalized spacial score (nSPS) is 11.1. The van der Waals surface area contributed by atoms with Crippen molar-refractivity contribution >= 4 is 21.5 Å². The van der Waals surface area contributed by atoms with Crippen LogP contribution < -0.4 is 4.72 Å². The molecule has 0 spiro atoms. The Morgan fingerprint density at radius 3 is 2.25 bits per heavy atom. The number of carbonyl (C=O) groups is 1. The van der Waals surface area contributed by atoms with Gasteiger partial charge in [-0.2, -0.15) is 0 Å². The Morgan fingerprint density at radius 2 is 1.81 bits per heavy atom. The number of benzene rings is 1. The lowest BCUT2D eigenvalue weighted by Gasteiger charge is -2.06. The quantitative estimate of drug-likeness (QED) is 0.802. The number of hydrogen-bond donors (Lipinski definition) is 1. The van der Waals surface area contributed by atoms with Gasteiger partial charge in [0.15, 0.2) is 5.78 Å². The summed E-state index contributed by atoms with van der Waals surface area (Å²) in [5.41, 5.74) is 1.05. The minimum atomic E-state index is -3.25. The van der Waals surface area contributed by atoms with Crippen molar-refractivity contribution in [3.63, 3.8) is 0 Å². The van der Waals surface area contributed by atoms with Gasteiger partial charge < -0.3 is 0 Å². The third kappa shape index (κ3) is 3.66. The minimum absolute atomic E-state index is 0.0389. The molecule has 0 aliphatic carbocycles. The van der Waals surface area contributed by atoms with Crippen LogP contribution in [0.15, 0.2) is 24.3 Å². The predicted octanol–water partition coefficient (Wildman–Crippen LogP) is 2.04. The lowest BCUT2D eigenvalue weighted by atomic mass is 10.1. The highest BCUT2D eigenvalue weighted by Gasteiger charge is 2.08. The standard InChI is InChI=1S/C11H15NO3S/c1-3-8-16(14,15)12-11-6-4-10(5-7-11)9(2)13/h4-7,12H,3,8H2,1-2H3. The monoisotopic (exact) mass is 241 g/mol. The lowest BCUT2D eigenvalue weighted by Crippen LogP contribution is -2.16. The fourth-order valence-electron chi connectivity index (χ4n) is 1.27. The van der Waals surface area contributed by atoms with E-state index >= 15 is 0 Å². The number of ketones is 1. The van der Waals surface area contributed by atoms with Crippen LogP contribution in [0.3, 0.4) is 0 Å². The van der Waals surface area contributed by atoms with Crippen molar-refractivity contribution in [1.29, 1.82) is 0 Å². The maximum Gasteiger partial charge on any atom is 0.232 e. The van der Waals surface area contributed by atoms with Crippen molar-refractivity contribution in [2.45, 2.75) is 20.3 Å². The molecular weight excluding hydrogens is 226 g/mol. The van der Waals surface area contributed by atoms with E-state index in [2.05, 4.69) is 4.72 Å². The first-order valence-corrected chi connectivity index (χ1v) is 6.71. The largest absolute Gasteiger partial charge is 0.295 e. The molecule has 0 unspecified atom stereocenters. The van der Waals surface area contributed by atoms with E-state index in [1.165, 1.54) is 6.92 Å². The van der Waals surface area contributed by atoms with Gasteiger partial charge in [-0.15, -0.1) is 0 Å². The van der Waals surface area contributed by atoms with Gasteiger partial charge in [-0.3, -0.25) is 9.52 Å². The summed E-state index contributed by atoms with van der Waals surface area (Å²) in [5, 5.41) is 0. The molecule has 0 saturated heterocycles. The van der Waals surface area contributed by atoms with Crippen LogP contribution in [-0.2, 0) is 10.0 Å². The molecule has 0 heterocycles. The molecule has 1 rings (SSSR count). The average molecular weight is 241 g/mol. The van der Waals surface area contributed by atoms with Gasteiger partial charge in [0.05, 0.1) is 5.75 Å². The summed E-state index contributed by atoms with van der Waals surface area (Å²) >= 11 is 0. The van der Waals surface area contributed by atoms with Crippen LogP contribution in [0.4, 0.5) is 5.69 Å². The minimum Gasteiger partial charge on any atom is -0.295 e. The summed E-state index contributed by atoms with van der Waals surface area (Å²) in [7, 11) is -3.25. The second-order valence-electron chi connectivity index (χ2n) is 3.55. The summed E-state index contributed by atoms with van der Waals surface area (Å²) < 4.78 is 25.3. The van der Waals surface area contributed by atoms with Crippen LogP contribution in [0.2, 0.25) is 0 Å². The van der Waals surface area contributed by atoms with Gasteiger partial charge >= 0.3 is 0 Å². The van der Waals surface area contributed by atoms with Crippen molar-refractivity contribution < 1.29 is 13.2 Å². The summed E-state index contributed by atoms with van der Waals surface area (Å²) in [5.74, 6) is 0.0597. The zero-order valence-corrected chi connectivity index (χ0v) is 10.2. The molecule has 0 aromatic heterocycles. The second-order valence-corrected chi connectivity index (χ2v) is 5.40. The molecule has 0 fully saturated rings. The van der Waals surface area contributed by atoms with E-state index in [1.54, 1.807) is 31.2 Å². The highest BCUT2D eigenvalue weighted by Crippen LogP contribution is 2.12. The number of carbonyl (C=O) groups excluding carboxylic acids is 1. The Balaban J connectivity index is 2.80. The first-order chi connectivity index (χ1) is 7.44. The van der Waals surface area contributed by atoms with Crippen LogP contribution >= 0.6 is 0 Å². The number of anilines is 1. The smallest absolute Gasteiger partial charge is 0.232 e. The maximum absolute atomic E-state index is 11.4. The van der Waals surface area contributed by atoms with E-state index in [9.17, 15) is 13.2 Å². The Kier molecular flexibility index (Phi) is 4.06. The summed E-state index contributed by atoms with van der Waals surface area (Å²) in [6, 6.07) is 6.38. The number of nitrogens with one attached hydrogen (secondary N) is 1. The van der Waals surface area contributed by atoms with Gasteiger partial charge in [-0.05, 0) is 37.6 Å². The Labute approximate surface area is 95.7 Å². The molecule has 0 aliphatic heterocycles. The van der Waals surface area contributed by atoms with Gasteiger partial charge in [0.25, 0.3) is 0 Å². The van der Waals surface area contributed by atoms with E-state index in [0.29, 0.717) is 17.7 Å². The molecule has 1 aromatic carbocycles. The molecule has 0 atom stereocenters. The third-order valence-electron chi connectivity index (χ3n) is 2.04. The summed E-state index contributed by atoms with van der Waals surface area (Å²) in [6.07, 6.45) is 0.570. The molecule has 0 aliphatic rings. The fourth-order valence-corrected chi connectivity index (χ4v) is 2.41. The summed E-state index contributed by atoms with van der Waals surface area (Å²) in [4.78, 5) is 11.0. The Bertz CT molecular complexity index is 463. The molecule has 16 heavy (non-hydrogen) atoms. The number of Topliss-reactive ketones (excluding diaryl/α,β-unsaturated/α-hetero) is 1. The van der Waals surface area contributed by atoms with Crippen LogP contribution in [-0.4, -0.2) is 20.0 Å². The number of sulfonamides is 1. The van der Waals surface area contributed by atoms with E-state index in [4.69, 9.17) is 0 Å². The van der Waals surface area contributed by atoms with Crippen molar-refractivity contribution in [2.75, 3.05) is 10.5 Å². The maximum atomic E-state index is 11.4. The molecule has 5 heteroatoms. The van der Waals surface area contributed by atoms with Gasteiger partial charge in [-0.25, -0.2) is 8.42 Å². The zero-order chi connectivity index (χ0) is 12.2. The molecule has 4 nitrogen and oxygen atoms in total. The number of hydrogen-bond acceptors (Lipinski definition) is 3. The Morgan fingerprint density at radius 1 is 1.25 bits per heavy atom. The van der Waals surface area contributed by atoms with E-state index in [0.717, 1.165) is 0 Å². The zero-order valence-electron chi connectivity index (χ0n) is 9.36. The van der Waals surface area contributed by atoms with Crippen molar-refractivity contribution in [1.82, 2.24) is 0 Å². The van der Waals surface area contributed by atoms with Crippen LogP contribution in [0.1, 0.15) is 30.6 Å². The highest BCUT2D eigenvalue weighted by atomic mass is 32.2. The molecule has 1 N–H and O–H groups in total. The lowest BCUT2D eigenvalue weighted by molar-refractivity contribution is 0.101. The average Bonchev–Trinajstić information content (AvgIpc) is 2.17. The van der Waals surface area contributed by atoms with Crippen LogP contribution in [0, 0.1) is 0 Å². The molecule has 88 valence electrons. The van der Waals surface area contributed by atoms with Crippen molar-refractivity contribution in [2.24, 2.45) is 0 Å². The molecule has 1 aromatic rings. The van der Waals surface area contributed by atoms with Crippen molar-refractivity contribution in [3.8, 4) is 0 Å². The molecule has 0 bridgehead atoms. The Hall–Kier alpha value is -1.36. The molecule has 0 saturated carbocycles. The topological polar surface area (TPSA) is 63.2 Å². The molecular formula is C11H15NO3S. The van der Waals surface area contributed by atoms with Gasteiger partial charge in [-0.1, -0.05) is 6.92 Å². The van der Waals surface area contributed by atoms with Gasteiger partial charge in [0.2, 0.25) is 10.0 Å². The van der Waals surface area contributed by atoms with E-state index in [1.807, 2.05) is 0 Å². The number of rotatable bonds is 5. The molecule has 0 radical (unpaired) electrons. The predicted molar refractivity (Wildman–Crippen MR) is 64.1 cm³/mol. The first kappa shape index (κ1) is 12.7. The fraction of sp³-hybridized carbons (Fsp3) is 0.364. The molecule has 0 amide bonds. The SMILES string of the molecule is CCCS(=O)(=O)Nc1ccc(C(C)=O)cc1. The van der Waals surface area contributed by atoms with Gasteiger partial charge in [0.1, 0.15) is 0 Å². The highest BCUT2D eigenvalue weighted by molar-refractivity contribution is 7.92. The summed E-state index contributed by atoms with van der Waals surface area (Å²) in [6.45, 7) is 3.27. The second kappa shape index (κ2) is 5.12. The van der Waals surface area contributed by atoms with Crippen molar-refractivity contribution in [3.05, 3.63) is 29.8 Å². The van der Waals surface area contributed by atoms with Crippen LogP contribution in [0.5, 0.6) is 0 Å². The van der Waals surface area contributed by atoms with E-state index in [-0.39, 0.29) is 11.5 Å².